The molecular formula is C25H28F2N5O8P. The molecule has 1 saturated heterocycles. The Morgan fingerprint density at radius 1 is 1.05 bits per heavy atom. The van der Waals surface area contributed by atoms with Crippen molar-refractivity contribution in [3.05, 3.63) is 65.2 Å². The molecule has 4 aromatic rings. The molecule has 0 bridgehead atoms. The lowest BCUT2D eigenvalue weighted by Gasteiger charge is -2.20. The number of aromatic nitrogens is 4. The molecule has 0 spiro atoms. The van der Waals surface area contributed by atoms with E-state index in [0.717, 1.165) is 0 Å². The van der Waals surface area contributed by atoms with Gasteiger partial charge in [-0.15, -0.1) is 0 Å². The fraction of sp³-hybridized carbons (Fsp3) is 0.320. The highest BCUT2D eigenvalue weighted by Gasteiger charge is 2.37. The average Bonchev–Trinajstić information content (AvgIpc) is 3.55. The van der Waals surface area contributed by atoms with E-state index >= 15 is 0 Å². The highest BCUT2D eigenvalue weighted by Crippen LogP contribution is 2.43. The number of benzene rings is 2. The van der Waals surface area contributed by atoms with E-state index in [2.05, 4.69) is 15.0 Å². The van der Waals surface area contributed by atoms with E-state index in [-0.39, 0.29) is 30.1 Å². The van der Waals surface area contributed by atoms with Gasteiger partial charge in [0.2, 0.25) is 12.9 Å². The number of nitrogens with two attached hydrogens (primary N) is 1. The van der Waals surface area contributed by atoms with Crippen molar-refractivity contribution in [2.24, 2.45) is 0 Å². The lowest BCUT2D eigenvalue weighted by atomic mass is 10.2. The molecule has 13 nitrogen and oxygen atoms in total. The molecule has 3 heterocycles. The predicted octanol–water partition coefficient (Wildman–Crippen LogP) is 3.65. The SMILES string of the molecule is COc1ccc(OP(OCC2CC(O)C(n3cnc4c(=O)[nH]c(N)nc43)O2)Oc2ccc(OC)cc2)cc1.FCF. The first-order chi connectivity index (χ1) is 19.8. The van der Waals surface area contributed by atoms with Crippen molar-refractivity contribution in [2.75, 3.05) is 33.5 Å². The molecule has 0 amide bonds. The summed E-state index contributed by atoms with van der Waals surface area (Å²) in [7, 11) is 1.26. The number of nitrogens with one attached hydrogen (secondary N) is 1. The summed E-state index contributed by atoms with van der Waals surface area (Å²) >= 11 is 0. The molecule has 1 fully saturated rings. The second-order valence-corrected chi connectivity index (χ2v) is 9.45. The maximum atomic E-state index is 12.1. The van der Waals surface area contributed by atoms with Gasteiger partial charge in [0.05, 0.1) is 33.3 Å². The molecule has 2 aromatic heterocycles. The molecule has 4 N–H and O–H groups in total. The summed E-state index contributed by atoms with van der Waals surface area (Å²) in [4.78, 5) is 22.7. The Balaban J connectivity index is 0.00000124. The molecule has 220 valence electrons. The van der Waals surface area contributed by atoms with Crippen molar-refractivity contribution >= 4 is 25.7 Å². The van der Waals surface area contributed by atoms with Crippen LogP contribution in [0.1, 0.15) is 12.6 Å². The van der Waals surface area contributed by atoms with E-state index in [9.17, 15) is 18.7 Å². The zero-order valence-corrected chi connectivity index (χ0v) is 22.9. The summed E-state index contributed by atoms with van der Waals surface area (Å²) in [6.07, 6.45) is -0.596. The number of anilines is 1. The highest BCUT2D eigenvalue weighted by molar-refractivity contribution is 7.42. The number of aliphatic hydroxyl groups is 1. The maximum absolute atomic E-state index is 12.1. The van der Waals surface area contributed by atoms with Gasteiger partial charge in [0.1, 0.15) is 29.1 Å². The number of ether oxygens (including phenoxy) is 3. The van der Waals surface area contributed by atoms with Crippen LogP contribution in [0.25, 0.3) is 11.2 Å². The fourth-order valence-corrected chi connectivity index (χ4v) is 4.90. The van der Waals surface area contributed by atoms with Crippen molar-refractivity contribution in [1.82, 2.24) is 19.5 Å². The monoisotopic (exact) mass is 595 g/mol. The zero-order chi connectivity index (χ0) is 29.4. The topological polar surface area (TPSA) is 165 Å². The molecule has 0 saturated carbocycles. The van der Waals surface area contributed by atoms with Gasteiger partial charge in [-0.1, -0.05) is 0 Å². The number of methoxy groups -OCH3 is 2. The van der Waals surface area contributed by atoms with Crippen LogP contribution in [0.4, 0.5) is 14.7 Å². The summed E-state index contributed by atoms with van der Waals surface area (Å²) in [5, 5.41) is 10.7. The Bertz CT molecular complexity index is 1410. The molecule has 16 heteroatoms. The van der Waals surface area contributed by atoms with E-state index in [4.69, 9.17) is 33.5 Å². The summed E-state index contributed by atoms with van der Waals surface area (Å²) in [5.74, 6) is 2.35. The van der Waals surface area contributed by atoms with Crippen LogP contribution in [0.3, 0.4) is 0 Å². The minimum absolute atomic E-state index is 0.0615. The van der Waals surface area contributed by atoms with E-state index in [1.165, 1.54) is 10.9 Å². The van der Waals surface area contributed by atoms with Crippen molar-refractivity contribution in [2.45, 2.75) is 24.9 Å². The molecule has 3 unspecified atom stereocenters. The van der Waals surface area contributed by atoms with E-state index < -0.39 is 39.5 Å². The van der Waals surface area contributed by atoms with Gasteiger partial charge in [0.25, 0.3) is 5.56 Å². The van der Waals surface area contributed by atoms with Crippen molar-refractivity contribution in [3.8, 4) is 23.0 Å². The van der Waals surface area contributed by atoms with Gasteiger partial charge in [0.15, 0.2) is 17.4 Å². The number of nitrogens with zero attached hydrogens (tertiary/aromatic N) is 3. The van der Waals surface area contributed by atoms with Crippen LogP contribution in [-0.4, -0.2) is 64.6 Å². The average molecular weight is 595 g/mol. The Morgan fingerprint density at radius 3 is 2.12 bits per heavy atom. The van der Waals surface area contributed by atoms with Gasteiger partial charge in [-0.25, -0.2) is 13.8 Å². The number of rotatable bonds is 10. The second-order valence-electron chi connectivity index (χ2n) is 8.38. The first-order valence-corrected chi connectivity index (χ1v) is 13.2. The van der Waals surface area contributed by atoms with Crippen LogP contribution in [0.5, 0.6) is 23.0 Å². The number of hydrogen-bond donors (Lipinski definition) is 3. The number of aromatic amines is 1. The number of halogens is 2. The van der Waals surface area contributed by atoms with Gasteiger partial charge in [0, 0.05) is 6.42 Å². The Hall–Kier alpha value is -4.04. The Kier molecular flexibility index (Phi) is 10.2. The number of hydrogen-bond acceptors (Lipinski definition) is 11. The molecule has 0 radical (unpaired) electrons. The smallest absolute Gasteiger partial charge is 0.463 e. The maximum Gasteiger partial charge on any atom is 0.463 e. The molecule has 5 rings (SSSR count). The Morgan fingerprint density at radius 2 is 1.59 bits per heavy atom. The van der Waals surface area contributed by atoms with Crippen molar-refractivity contribution < 1.29 is 41.7 Å². The van der Waals surface area contributed by atoms with Gasteiger partial charge in [-0.3, -0.25) is 18.9 Å². The molecule has 3 atom stereocenters. The molecule has 1 aliphatic heterocycles. The second kappa shape index (κ2) is 14.0. The summed E-state index contributed by atoms with van der Waals surface area (Å²) in [5.41, 5.74) is 5.52. The van der Waals surface area contributed by atoms with Crippen LogP contribution in [0, 0.1) is 0 Å². The Labute approximate surface area is 233 Å². The van der Waals surface area contributed by atoms with Gasteiger partial charge in [-0.2, -0.15) is 4.98 Å². The van der Waals surface area contributed by atoms with Crippen molar-refractivity contribution in [1.29, 1.82) is 0 Å². The van der Waals surface area contributed by atoms with Crippen LogP contribution in [0.2, 0.25) is 0 Å². The number of H-pyrrole nitrogens is 1. The van der Waals surface area contributed by atoms with Crippen LogP contribution >= 0.6 is 8.60 Å². The molecule has 41 heavy (non-hydrogen) atoms. The minimum Gasteiger partial charge on any atom is -0.497 e. The number of imidazole rings is 1. The van der Waals surface area contributed by atoms with Crippen LogP contribution in [-0.2, 0) is 9.26 Å². The molecule has 0 aliphatic carbocycles. The van der Waals surface area contributed by atoms with Crippen LogP contribution in [0.15, 0.2) is 59.7 Å². The zero-order valence-electron chi connectivity index (χ0n) is 22.0. The standard InChI is InChI=1S/C24H26N5O8P.CH2F2/c1-32-14-3-7-16(8-4-14)36-38(37-17-9-5-15(33-2)6-10-17)34-12-18-11-19(30)23(35-18)29-13-26-20-21(29)27-24(25)28-22(20)31;2-1-3/h3-10,13,18-19,23,30H,11-12H2,1-2H3,(H3,25,27,28,31);1H2. The lowest BCUT2D eigenvalue weighted by molar-refractivity contribution is -0.0463. The molecule has 2 aromatic carbocycles. The molecule has 1 aliphatic rings. The third-order valence-electron chi connectivity index (χ3n) is 5.73. The van der Waals surface area contributed by atoms with E-state index in [1.807, 2.05) is 0 Å². The first-order valence-electron chi connectivity index (χ1n) is 12.1. The quantitative estimate of drug-likeness (QED) is 0.229. The highest BCUT2D eigenvalue weighted by atomic mass is 31.2. The number of fused-ring (bicyclic) bond motifs is 1. The number of aliphatic hydroxyl groups excluding tert-OH is 1. The van der Waals surface area contributed by atoms with Crippen LogP contribution < -0.4 is 29.8 Å². The van der Waals surface area contributed by atoms with E-state index in [0.29, 0.717) is 23.0 Å². The van der Waals surface area contributed by atoms with Gasteiger partial charge >= 0.3 is 8.60 Å². The molecular weight excluding hydrogens is 567 g/mol. The summed E-state index contributed by atoms with van der Waals surface area (Å²) in [6.45, 7) is -1.69. The summed E-state index contributed by atoms with van der Waals surface area (Å²) in [6, 6.07) is 14.0. The van der Waals surface area contributed by atoms with E-state index in [1.54, 1.807) is 62.8 Å². The van der Waals surface area contributed by atoms with Crippen molar-refractivity contribution in [3.63, 3.8) is 0 Å². The number of alkyl halides is 2. The van der Waals surface area contributed by atoms with Gasteiger partial charge in [-0.05, 0) is 48.5 Å². The predicted molar refractivity (Wildman–Crippen MR) is 144 cm³/mol. The summed E-state index contributed by atoms with van der Waals surface area (Å²) < 4.78 is 55.1. The lowest BCUT2D eigenvalue weighted by Crippen LogP contribution is -2.20. The van der Waals surface area contributed by atoms with Gasteiger partial charge < -0.3 is 34.1 Å². The third kappa shape index (κ3) is 7.58. The fourth-order valence-electron chi connectivity index (χ4n) is 3.88. The minimum atomic E-state index is -1.90. The first kappa shape index (κ1) is 29.9. The third-order valence-corrected chi connectivity index (χ3v) is 6.81. The number of nitrogen functional groups attached to an aromatic ring is 1. The largest absolute Gasteiger partial charge is 0.497 e. The normalized spacial score (nSPS) is 18.1.